The molecule has 9 amide bonds. The van der Waals surface area contributed by atoms with Gasteiger partial charge in [0.15, 0.2) is 0 Å². The average Bonchev–Trinajstić information content (AvgIpc) is 2.10. The Bertz CT molecular complexity index is 3530. The van der Waals surface area contributed by atoms with Crippen molar-refractivity contribution in [2.24, 2.45) is 11.1 Å². The van der Waals surface area contributed by atoms with Gasteiger partial charge in [-0.3, -0.25) is 38.1 Å². The number of hydrogen-bond donors (Lipinski definition) is 9. The van der Waals surface area contributed by atoms with E-state index in [1.54, 1.807) is 44.5 Å². The molecule has 0 unspecified atom stereocenters. The number of primary amides is 1. The number of carbonyl (C=O) groups excluding carboxylic acids is 8. The SMILES string of the molecule is CNC(=O)N1CC[C@H]2CC[C@@H](C(=O)N[C@@H](CCC(N)=O)COc3cccc(CCCC(=O)N[C@H](C(=O)N4C[C@H](O)C[C@H]4C(=O)N[C@@H](C)c4ccc(-c5scnc5C)cc4)C(C)(C)C)c3Cl)N2C(=O)[C@@H](NC(=O)c2cc3cc(C(F)(F)P(=O)(O)O)ccc3s2)C1. The normalized spacial score (nSPS) is 20.0. The van der Waals surface area contributed by atoms with Crippen LogP contribution in [-0.2, 0) is 45.4 Å². The standard InChI is InChI=1S/C60H74ClF2N10O13PS2/c1-32(34-13-15-36(16-14-34)51-33(2)66-31-88-51)67-54(78)44-27-41(74)28-72(44)57(81)52(59(3,4)5)70-49(76)12-8-10-35-9-7-11-45(50(35)61)86-30-39(18-22-48(64)75)68-53(77)43-20-19-40-23-24-71(58(82)65-6)29-42(56(80)73(40)43)69-55(79)47-26-37-25-38(17-21-46(37)89-47)60(62,63)87(83,84)85/h7,9,11,13-17,21,25-26,31-32,39-44,52,74H,8,10,12,18-20,22-24,27-30H2,1-6H3,(H2,64,75)(H,65,82)(H,67,78)(H,68,77)(H,69,79)(H,70,76)(H2,83,84,85)/t32-,39-,40+,41+,42-,43-,44-,52+/m0/s1. The Hall–Kier alpha value is -7.13. The van der Waals surface area contributed by atoms with Crippen LogP contribution in [0.25, 0.3) is 20.5 Å². The van der Waals surface area contributed by atoms with E-state index in [1.807, 2.05) is 38.1 Å². The van der Waals surface area contributed by atoms with E-state index in [4.69, 9.17) is 22.1 Å². The number of fused-ring (bicyclic) bond motifs is 2. The summed E-state index contributed by atoms with van der Waals surface area (Å²) in [6.07, 6.45) is 0.335. The zero-order valence-corrected chi connectivity index (χ0v) is 53.2. The Balaban J connectivity index is 0.878. The Morgan fingerprint density at radius 3 is 2.31 bits per heavy atom. The minimum Gasteiger partial charge on any atom is -0.490 e. The first-order chi connectivity index (χ1) is 41.9. The van der Waals surface area contributed by atoms with E-state index in [0.29, 0.717) is 29.5 Å². The van der Waals surface area contributed by atoms with Gasteiger partial charge < -0.3 is 66.6 Å². The van der Waals surface area contributed by atoms with Crippen molar-refractivity contribution in [3.8, 4) is 16.2 Å². The predicted octanol–water partition coefficient (Wildman–Crippen LogP) is 6.24. The van der Waals surface area contributed by atoms with Crippen molar-refractivity contribution >= 4 is 99.3 Å². The maximum atomic E-state index is 14.7. The molecule has 8 rings (SSSR count). The molecule has 3 aliphatic rings. The molecule has 23 nitrogen and oxygen atoms in total. The molecule has 2 aromatic heterocycles. The number of likely N-dealkylation sites (tertiary alicyclic amines) is 1. The van der Waals surface area contributed by atoms with E-state index in [0.717, 1.165) is 45.2 Å². The number of benzene rings is 3. The second kappa shape index (κ2) is 28.4. The van der Waals surface area contributed by atoms with Gasteiger partial charge in [0.1, 0.15) is 36.5 Å². The van der Waals surface area contributed by atoms with Crippen LogP contribution < -0.4 is 37.1 Å². The summed E-state index contributed by atoms with van der Waals surface area (Å²) in [5.41, 5.74) is 4.46. The smallest absolute Gasteiger partial charge is 0.399 e. The van der Waals surface area contributed by atoms with Gasteiger partial charge in [0.2, 0.25) is 35.4 Å². The molecule has 3 fully saturated rings. The van der Waals surface area contributed by atoms with Gasteiger partial charge in [0.25, 0.3) is 5.91 Å². The number of aliphatic hydroxyl groups excluding tert-OH is 1. The van der Waals surface area contributed by atoms with Crippen molar-refractivity contribution in [1.82, 2.24) is 46.3 Å². The topological polar surface area (TPSA) is 332 Å². The minimum atomic E-state index is -5.90. The molecule has 8 atom stereocenters. The molecule has 5 aromatic rings. The number of carbonyl (C=O) groups is 8. The second-order valence-corrected chi connectivity index (χ2v) is 27.7. The van der Waals surface area contributed by atoms with Crippen molar-refractivity contribution in [2.45, 2.75) is 146 Å². The number of β-amino-alcohol motifs (C(OH)–C–C–N with tert-alkyl or cyclic N) is 1. The van der Waals surface area contributed by atoms with Crippen LogP contribution in [-0.4, -0.2) is 158 Å². The summed E-state index contributed by atoms with van der Waals surface area (Å²) < 4.78 is 47.3. The van der Waals surface area contributed by atoms with Crippen molar-refractivity contribution in [2.75, 3.05) is 33.3 Å². The van der Waals surface area contributed by atoms with Gasteiger partial charge in [-0.05, 0) is 104 Å². The third kappa shape index (κ3) is 16.1. The van der Waals surface area contributed by atoms with Crippen LogP contribution in [0.2, 0.25) is 5.02 Å². The first-order valence-corrected chi connectivity index (χ1v) is 32.8. The highest BCUT2D eigenvalue weighted by atomic mass is 35.5. The summed E-state index contributed by atoms with van der Waals surface area (Å²) >= 11 is 9.32. The maximum Gasteiger partial charge on any atom is 0.399 e. The van der Waals surface area contributed by atoms with Gasteiger partial charge in [0, 0.05) is 55.7 Å². The number of nitrogens with one attached hydrogen (secondary N) is 5. The van der Waals surface area contributed by atoms with Gasteiger partial charge in [-0.25, -0.2) is 9.78 Å². The summed E-state index contributed by atoms with van der Waals surface area (Å²) in [6.45, 7) is 8.70. The molecule has 0 aliphatic carbocycles. The van der Waals surface area contributed by atoms with Gasteiger partial charge >= 0.3 is 19.3 Å². The molecule has 3 saturated heterocycles. The summed E-state index contributed by atoms with van der Waals surface area (Å²) in [5.74, 6) is -3.89. The number of thiazole rings is 1. The highest BCUT2D eigenvalue weighted by Crippen LogP contribution is 2.59. The first kappa shape index (κ1) is 67.8. The Labute approximate surface area is 526 Å². The van der Waals surface area contributed by atoms with Crippen LogP contribution in [0, 0.1) is 12.3 Å². The minimum absolute atomic E-state index is 0.0148. The van der Waals surface area contributed by atoms with Crippen molar-refractivity contribution in [1.29, 1.82) is 0 Å². The number of alkyl halides is 2. The van der Waals surface area contributed by atoms with Crippen LogP contribution in [0.3, 0.4) is 0 Å². The number of ether oxygens (including phenoxy) is 1. The number of nitrogens with two attached hydrogens (primary N) is 1. The number of aryl methyl sites for hydroxylation is 2. The lowest BCUT2D eigenvalue weighted by atomic mass is 9.85. The molecule has 89 heavy (non-hydrogen) atoms. The van der Waals surface area contributed by atoms with E-state index >= 15 is 0 Å². The van der Waals surface area contributed by atoms with Crippen LogP contribution in [0.4, 0.5) is 13.6 Å². The van der Waals surface area contributed by atoms with Crippen molar-refractivity contribution in [3.63, 3.8) is 0 Å². The molecule has 0 saturated carbocycles. The average molecular weight is 1310 g/mol. The summed E-state index contributed by atoms with van der Waals surface area (Å²) in [7, 11) is -4.49. The molecular weight excluding hydrogens is 1240 g/mol. The first-order valence-electron chi connectivity index (χ1n) is 29.1. The quantitative estimate of drug-likeness (QED) is 0.0347. The molecule has 0 bridgehead atoms. The molecule has 29 heteroatoms. The fourth-order valence-electron chi connectivity index (χ4n) is 11.4. The third-order valence-corrected chi connectivity index (χ3v) is 19.7. The number of amides is 9. The molecule has 0 spiro atoms. The van der Waals surface area contributed by atoms with Crippen LogP contribution >= 0.6 is 41.9 Å². The maximum absolute atomic E-state index is 14.7. The number of nitrogens with zero attached hydrogens (tertiary/aromatic N) is 4. The highest BCUT2D eigenvalue weighted by Gasteiger charge is 2.51. The van der Waals surface area contributed by atoms with E-state index in [2.05, 4.69) is 31.6 Å². The molecule has 10 N–H and O–H groups in total. The highest BCUT2D eigenvalue weighted by molar-refractivity contribution is 7.52. The number of urea groups is 1. The van der Waals surface area contributed by atoms with Gasteiger partial charge in [-0.2, -0.15) is 8.78 Å². The number of hydrogen-bond acceptors (Lipinski definition) is 14. The third-order valence-electron chi connectivity index (χ3n) is 16.2. The Morgan fingerprint density at radius 1 is 0.933 bits per heavy atom. The van der Waals surface area contributed by atoms with E-state index in [-0.39, 0.29) is 85.8 Å². The predicted molar refractivity (Wildman–Crippen MR) is 330 cm³/mol. The summed E-state index contributed by atoms with van der Waals surface area (Å²) in [4.78, 5) is 138. The number of aromatic nitrogens is 1. The Kier molecular flexibility index (Phi) is 21.6. The van der Waals surface area contributed by atoms with Crippen molar-refractivity contribution in [3.05, 3.63) is 105 Å². The Morgan fingerprint density at radius 2 is 1.65 bits per heavy atom. The van der Waals surface area contributed by atoms with Gasteiger partial charge in [0.05, 0.1) is 50.7 Å². The largest absolute Gasteiger partial charge is 0.490 e. The second-order valence-electron chi connectivity index (χ2n) is 23.7. The van der Waals surface area contributed by atoms with E-state index in [1.165, 1.54) is 45.2 Å². The monoisotopic (exact) mass is 1310 g/mol. The molecule has 3 aromatic carbocycles. The van der Waals surface area contributed by atoms with Crippen LogP contribution in [0.5, 0.6) is 5.75 Å². The van der Waals surface area contributed by atoms with Crippen LogP contribution in [0.1, 0.15) is 117 Å². The molecular formula is C60H74ClF2N10O13PS2. The number of rotatable bonds is 22. The van der Waals surface area contributed by atoms with Gasteiger partial charge in [-0.1, -0.05) is 74.8 Å². The van der Waals surface area contributed by atoms with E-state index < -0.39 is 120 Å². The molecule has 0 radical (unpaired) electrons. The number of aliphatic hydroxyl groups is 1. The summed E-state index contributed by atoms with van der Waals surface area (Å²) in [6, 6.07) is 10.1. The van der Waals surface area contributed by atoms with E-state index in [9.17, 15) is 66.6 Å². The lowest BCUT2D eigenvalue weighted by Gasteiger charge is -2.38. The van der Waals surface area contributed by atoms with Gasteiger partial charge in [-0.15, -0.1) is 22.7 Å². The number of thiophene rings is 1. The van der Waals surface area contributed by atoms with Crippen LogP contribution in [0.15, 0.2) is 72.2 Å². The number of halogens is 3. The molecule has 5 heterocycles. The fourth-order valence-corrected chi connectivity index (χ4v) is 13.9. The fraction of sp³-hybridized carbons (Fsp3) is 0.483. The zero-order chi connectivity index (χ0) is 64.9. The summed E-state index contributed by atoms with van der Waals surface area (Å²) in [5, 5.41) is 25.1. The lowest BCUT2D eigenvalue weighted by molar-refractivity contribution is -0.144. The molecule has 3 aliphatic heterocycles. The lowest BCUT2D eigenvalue weighted by Crippen LogP contribution is -2.62. The van der Waals surface area contributed by atoms with Crippen molar-refractivity contribution < 1.29 is 71.3 Å². The zero-order valence-electron chi connectivity index (χ0n) is 49.9. The molecule has 480 valence electrons.